The molecule has 2 rings (SSSR count). The van der Waals surface area contributed by atoms with Crippen LogP contribution in [0.1, 0.15) is 26.6 Å². The van der Waals surface area contributed by atoms with Gasteiger partial charge < -0.3 is 5.11 Å². The number of carbonyl (C=O) groups is 1. The Morgan fingerprint density at radius 3 is 2.48 bits per heavy atom. The second-order valence-electron chi connectivity index (χ2n) is 4.57. The van der Waals surface area contributed by atoms with Gasteiger partial charge in [0.15, 0.2) is 0 Å². The number of aromatic carboxylic acids is 1. The van der Waals surface area contributed by atoms with Crippen LogP contribution in [0.3, 0.4) is 0 Å². The van der Waals surface area contributed by atoms with E-state index in [-0.39, 0.29) is 9.09 Å². The number of thiophene rings is 1. The summed E-state index contributed by atoms with van der Waals surface area (Å²) in [5.74, 6) is -1.13. The van der Waals surface area contributed by atoms with E-state index < -0.39 is 16.0 Å². The number of hydrogen-bond acceptors (Lipinski definition) is 5. The van der Waals surface area contributed by atoms with Crippen molar-refractivity contribution in [2.75, 3.05) is 4.72 Å². The molecule has 0 saturated heterocycles. The van der Waals surface area contributed by atoms with Crippen molar-refractivity contribution in [2.45, 2.75) is 25.0 Å². The summed E-state index contributed by atoms with van der Waals surface area (Å²) in [4.78, 5) is 15.2. The van der Waals surface area contributed by atoms with Crippen LogP contribution in [0.4, 0.5) is 5.69 Å². The molecular weight excluding hydrogens is 312 g/mol. The summed E-state index contributed by atoms with van der Waals surface area (Å²) in [6.07, 6.45) is 0. The van der Waals surface area contributed by atoms with Gasteiger partial charge in [-0.25, -0.2) is 13.2 Å². The van der Waals surface area contributed by atoms with Gasteiger partial charge in [-0.3, -0.25) is 9.71 Å². The Morgan fingerprint density at radius 2 is 1.95 bits per heavy atom. The summed E-state index contributed by atoms with van der Waals surface area (Å²) in [5, 5.41) is 8.99. The summed E-state index contributed by atoms with van der Waals surface area (Å²) in [6, 6.07) is 4.69. The van der Waals surface area contributed by atoms with Gasteiger partial charge in [0.1, 0.15) is 9.09 Å². The number of nitrogens with zero attached hydrogens (tertiary/aromatic N) is 1. The summed E-state index contributed by atoms with van der Waals surface area (Å²) in [6.45, 7) is 5.08. The minimum Gasteiger partial charge on any atom is -0.477 e. The third-order valence-electron chi connectivity index (χ3n) is 2.82. The van der Waals surface area contributed by atoms with Crippen LogP contribution in [0.25, 0.3) is 0 Å². The molecule has 0 saturated carbocycles. The highest BCUT2D eigenvalue weighted by molar-refractivity contribution is 7.94. The van der Waals surface area contributed by atoms with Crippen molar-refractivity contribution in [3.8, 4) is 0 Å². The van der Waals surface area contributed by atoms with E-state index in [4.69, 9.17) is 5.11 Å². The number of hydrogen-bond donors (Lipinski definition) is 2. The van der Waals surface area contributed by atoms with Gasteiger partial charge in [-0.05, 0) is 44.5 Å². The third kappa shape index (κ3) is 3.22. The molecule has 21 heavy (non-hydrogen) atoms. The molecule has 2 N–H and O–H groups in total. The summed E-state index contributed by atoms with van der Waals surface area (Å²) < 4.78 is 27.0. The lowest BCUT2D eigenvalue weighted by Crippen LogP contribution is -2.13. The molecule has 2 aromatic rings. The highest BCUT2D eigenvalue weighted by Gasteiger charge is 2.22. The molecule has 0 unspecified atom stereocenters. The first kappa shape index (κ1) is 15.5. The van der Waals surface area contributed by atoms with E-state index in [1.54, 1.807) is 26.0 Å². The number of carboxylic acid groups (broad SMARTS) is 1. The third-order valence-corrected chi connectivity index (χ3v) is 5.89. The fraction of sp³-hybridized carbons (Fsp3) is 0.231. The van der Waals surface area contributed by atoms with Crippen LogP contribution in [-0.4, -0.2) is 24.5 Å². The standard InChI is InChI=1S/C13H14N2O4S2/c1-7-6-11(20-12(7)13(16)17)21(18,19)15-10-5-4-8(2)14-9(10)3/h4-6,15H,1-3H3,(H,16,17). The quantitative estimate of drug-likeness (QED) is 0.900. The molecule has 0 aliphatic carbocycles. The second kappa shape index (κ2) is 5.45. The summed E-state index contributed by atoms with van der Waals surface area (Å²) in [7, 11) is -3.82. The Morgan fingerprint density at radius 1 is 1.29 bits per heavy atom. The lowest BCUT2D eigenvalue weighted by atomic mass is 10.3. The van der Waals surface area contributed by atoms with Gasteiger partial charge in [0, 0.05) is 5.69 Å². The van der Waals surface area contributed by atoms with Crippen LogP contribution in [0.2, 0.25) is 0 Å². The number of anilines is 1. The van der Waals surface area contributed by atoms with E-state index in [2.05, 4.69) is 9.71 Å². The molecule has 0 amide bonds. The van der Waals surface area contributed by atoms with Gasteiger partial charge in [0.05, 0.1) is 11.4 Å². The number of aryl methyl sites for hydroxylation is 3. The van der Waals surface area contributed by atoms with Gasteiger partial charge in [0.25, 0.3) is 10.0 Å². The number of sulfonamides is 1. The topological polar surface area (TPSA) is 96.4 Å². The maximum absolute atomic E-state index is 12.3. The van der Waals surface area contributed by atoms with Crippen molar-refractivity contribution in [1.29, 1.82) is 0 Å². The smallest absolute Gasteiger partial charge is 0.346 e. The second-order valence-corrected chi connectivity index (χ2v) is 7.54. The number of aromatic nitrogens is 1. The average molecular weight is 326 g/mol. The molecule has 8 heteroatoms. The van der Waals surface area contributed by atoms with Crippen molar-refractivity contribution in [3.63, 3.8) is 0 Å². The molecule has 0 aromatic carbocycles. The maximum Gasteiger partial charge on any atom is 0.346 e. The lowest BCUT2D eigenvalue weighted by molar-refractivity contribution is 0.0701. The van der Waals surface area contributed by atoms with E-state index in [0.29, 0.717) is 16.9 Å². The Balaban J connectivity index is 2.38. The molecule has 0 spiro atoms. The van der Waals surface area contributed by atoms with E-state index in [1.807, 2.05) is 6.92 Å². The zero-order valence-corrected chi connectivity index (χ0v) is 13.3. The number of pyridine rings is 1. The number of carboxylic acids is 1. The van der Waals surface area contributed by atoms with Gasteiger partial charge >= 0.3 is 5.97 Å². The summed E-state index contributed by atoms with van der Waals surface area (Å²) >= 11 is 0.732. The fourth-order valence-corrected chi connectivity index (χ4v) is 4.28. The van der Waals surface area contributed by atoms with Crippen LogP contribution in [0.5, 0.6) is 0 Å². The van der Waals surface area contributed by atoms with E-state index in [0.717, 1.165) is 17.0 Å². The van der Waals surface area contributed by atoms with Crippen molar-refractivity contribution in [1.82, 2.24) is 4.98 Å². The van der Waals surface area contributed by atoms with Gasteiger partial charge in [-0.15, -0.1) is 11.3 Å². The average Bonchev–Trinajstić information content (AvgIpc) is 2.76. The zero-order chi connectivity index (χ0) is 15.8. The number of rotatable bonds is 4. The SMILES string of the molecule is Cc1ccc(NS(=O)(=O)c2cc(C)c(C(=O)O)s2)c(C)n1. The highest BCUT2D eigenvalue weighted by Crippen LogP contribution is 2.28. The van der Waals surface area contributed by atoms with Crippen LogP contribution in [-0.2, 0) is 10.0 Å². The Labute approximate surface area is 126 Å². The Hall–Kier alpha value is -1.93. The first-order chi connectivity index (χ1) is 9.70. The molecule has 112 valence electrons. The largest absolute Gasteiger partial charge is 0.477 e. The molecule has 0 aliphatic heterocycles. The molecule has 0 fully saturated rings. The van der Waals surface area contributed by atoms with Crippen molar-refractivity contribution < 1.29 is 18.3 Å². The molecule has 2 aromatic heterocycles. The van der Waals surface area contributed by atoms with Crippen LogP contribution in [0, 0.1) is 20.8 Å². The van der Waals surface area contributed by atoms with Gasteiger partial charge in [-0.1, -0.05) is 0 Å². The predicted molar refractivity (Wildman–Crippen MR) is 80.5 cm³/mol. The molecule has 0 bridgehead atoms. The highest BCUT2D eigenvalue weighted by atomic mass is 32.2. The summed E-state index contributed by atoms with van der Waals surface area (Å²) in [5.41, 5.74) is 2.15. The first-order valence-corrected chi connectivity index (χ1v) is 8.31. The Kier molecular flexibility index (Phi) is 4.02. The van der Waals surface area contributed by atoms with Gasteiger partial charge in [-0.2, -0.15) is 0 Å². The molecule has 0 radical (unpaired) electrons. The van der Waals surface area contributed by atoms with E-state index in [9.17, 15) is 13.2 Å². The van der Waals surface area contributed by atoms with Crippen molar-refractivity contribution >= 4 is 33.0 Å². The van der Waals surface area contributed by atoms with E-state index >= 15 is 0 Å². The molecule has 0 aliphatic rings. The zero-order valence-electron chi connectivity index (χ0n) is 11.7. The van der Waals surface area contributed by atoms with Gasteiger partial charge in [0.2, 0.25) is 0 Å². The predicted octanol–water partition coefficient (Wildman–Crippen LogP) is 2.57. The normalized spacial score (nSPS) is 11.4. The van der Waals surface area contributed by atoms with Crippen molar-refractivity contribution in [3.05, 3.63) is 40.0 Å². The van der Waals surface area contributed by atoms with Crippen LogP contribution >= 0.6 is 11.3 Å². The molecule has 0 atom stereocenters. The van der Waals surface area contributed by atoms with Crippen LogP contribution in [0.15, 0.2) is 22.4 Å². The minimum absolute atomic E-state index is 0.0223. The van der Waals surface area contributed by atoms with E-state index in [1.165, 1.54) is 6.07 Å². The van der Waals surface area contributed by atoms with Crippen LogP contribution < -0.4 is 4.72 Å². The van der Waals surface area contributed by atoms with Crippen molar-refractivity contribution in [2.24, 2.45) is 0 Å². The molecular formula is C13H14N2O4S2. The monoisotopic (exact) mass is 326 g/mol. The maximum atomic E-state index is 12.3. The fourth-order valence-electron chi connectivity index (χ4n) is 1.79. The lowest BCUT2D eigenvalue weighted by Gasteiger charge is -2.09. The molecule has 2 heterocycles. The first-order valence-electron chi connectivity index (χ1n) is 6.01. The number of nitrogens with one attached hydrogen (secondary N) is 1. The molecule has 6 nitrogen and oxygen atoms in total. The minimum atomic E-state index is -3.82. The Bertz CT molecular complexity index is 810.